The molecule has 0 aliphatic heterocycles. The second kappa shape index (κ2) is 37.2. The lowest BCUT2D eigenvalue weighted by molar-refractivity contribution is -0.167. The van der Waals surface area contributed by atoms with Gasteiger partial charge in [0.25, 0.3) is 0 Å². The lowest BCUT2D eigenvalue weighted by Crippen LogP contribution is -2.30. The van der Waals surface area contributed by atoms with Gasteiger partial charge in [-0.05, 0) is 31.1 Å². The maximum Gasteiger partial charge on any atom is 0.306 e. The van der Waals surface area contributed by atoms with Crippen LogP contribution in [0.1, 0.15) is 234 Å². The van der Waals surface area contributed by atoms with Crippen molar-refractivity contribution < 1.29 is 28.6 Å². The van der Waals surface area contributed by atoms with Crippen LogP contribution in [0.25, 0.3) is 0 Å². The van der Waals surface area contributed by atoms with Gasteiger partial charge in [0.2, 0.25) is 0 Å². The third-order valence-electron chi connectivity index (χ3n) is 9.72. The van der Waals surface area contributed by atoms with E-state index in [-0.39, 0.29) is 31.1 Å². The molecule has 0 spiro atoms. The Labute approximate surface area is 310 Å². The number of carbonyl (C=O) groups is 3. The van der Waals surface area contributed by atoms with E-state index in [1.165, 1.54) is 122 Å². The first kappa shape index (κ1) is 48.4. The van der Waals surface area contributed by atoms with E-state index < -0.39 is 6.10 Å². The molecular weight excluding hydrogens is 624 g/mol. The predicted octanol–water partition coefficient (Wildman–Crippen LogP) is 13.4. The van der Waals surface area contributed by atoms with Crippen molar-refractivity contribution in [1.82, 2.24) is 0 Å². The third kappa shape index (κ3) is 37.7. The van der Waals surface area contributed by atoms with Crippen molar-refractivity contribution in [1.29, 1.82) is 0 Å². The Balaban J connectivity index is 4.35. The summed E-state index contributed by atoms with van der Waals surface area (Å²) in [6.45, 7) is 11.2. The minimum Gasteiger partial charge on any atom is -0.462 e. The molecule has 0 heterocycles. The minimum absolute atomic E-state index is 0.0662. The molecule has 0 fully saturated rings. The molecule has 0 aromatic heterocycles. The van der Waals surface area contributed by atoms with Gasteiger partial charge < -0.3 is 14.2 Å². The van der Waals surface area contributed by atoms with Crippen molar-refractivity contribution in [3.8, 4) is 0 Å². The number of unbranched alkanes of at least 4 members (excludes halogenated alkanes) is 23. The zero-order valence-electron chi connectivity index (χ0n) is 34.0. The van der Waals surface area contributed by atoms with Crippen molar-refractivity contribution in [3.05, 3.63) is 0 Å². The number of carbonyl (C=O) groups excluding carboxylic acids is 3. The van der Waals surface area contributed by atoms with E-state index in [0.717, 1.165) is 69.6 Å². The van der Waals surface area contributed by atoms with E-state index in [2.05, 4.69) is 34.6 Å². The van der Waals surface area contributed by atoms with E-state index in [9.17, 15) is 14.4 Å². The van der Waals surface area contributed by atoms with Gasteiger partial charge in [-0.25, -0.2) is 0 Å². The molecule has 1 atom stereocenters. The van der Waals surface area contributed by atoms with Crippen LogP contribution in [0.4, 0.5) is 0 Å². The fourth-order valence-electron chi connectivity index (χ4n) is 6.40. The maximum absolute atomic E-state index is 12.7. The smallest absolute Gasteiger partial charge is 0.306 e. The lowest BCUT2D eigenvalue weighted by atomic mass is 10.0. The van der Waals surface area contributed by atoms with Crippen molar-refractivity contribution in [3.63, 3.8) is 0 Å². The van der Waals surface area contributed by atoms with Gasteiger partial charge in [0.05, 0.1) is 0 Å². The second-order valence-corrected chi connectivity index (χ2v) is 15.9. The highest BCUT2D eigenvalue weighted by atomic mass is 16.6. The molecule has 50 heavy (non-hydrogen) atoms. The molecule has 0 aliphatic carbocycles. The van der Waals surface area contributed by atoms with E-state index in [1.54, 1.807) is 0 Å². The van der Waals surface area contributed by atoms with Crippen LogP contribution in [-0.4, -0.2) is 37.2 Å². The van der Waals surface area contributed by atoms with Gasteiger partial charge in [-0.3, -0.25) is 14.4 Å². The molecule has 0 aromatic carbocycles. The van der Waals surface area contributed by atoms with E-state index in [4.69, 9.17) is 14.2 Å². The van der Waals surface area contributed by atoms with E-state index in [0.29, 0.717) is 19.3 Å². The highest BCUT2D eigenvalue weighted by Crippen LogP contribution is 2.16. The monoisotopic (exact) mass is 709 g/mol. The highest BCUT2D eigenvalue weighted by Gasteiger charge is 2.19. The van der Waals surface area contributed by atoms with Gasteiger partial charge in [0.15, 0.2) is 6.10 Å². The molecule has 0 unspecified atom stereocenters. The first-order chi connectivity index (χ1) is 24.2. The molecule has 0 aliphatic rings. The average Bonchev–Trinajstić information content (AvgIpc) is 3.08. The summed E-state index contributed by atoms with van der Waals surface area (Å²) < 4.78 is 16.7. The van der Waals surface area contributed by atoms with Crippen LogP contribution in [0.15, 0.2) is 0 Å². The molecule has 0 radical (unpaired) electrons. The molecule has 6 nitrogen and oxygen atoms in total. The van der Waals surface area contributed by atoms with Crippen molar-refractivity contribution in [2.24, 2.45) is 11.8 Å². The van der Waals surface area contributed by atoms with Crippen molar-refractivity contribution in [2.75, 3.05) is 13.2 Å². The number of esters is 3. The van der Waals surface area contributed by atoms with Gasteiger partial charge >= 0.3 is 17.9 Å². The van der Waals surface area contributed by atoms with Crippen LogP contribution in [-0.2, 0) is 28.6 Å². The SMILES string of the molecule is CCCCCCCCCCCCCC(=O)O[C@@H](COC(=O)CCCCCCCCCCC(C)C)COC(=O)CCCCCCCCCC(C)C. The van der Waals surface area contributed by atoms with Gasteiger partial charge in [-0.1, -0.05) is 195 Å². The number of rotatable bonds is 38. The molecule has 0 amide bonds. The molecule has 0 saturated heterocycles. The van der Waals surface area contributed by atoms with Crippen LogP contribution in [0.5, 0.6) is 0 Å². The quantitative estimate of drug-likeness (QED) is 0.0361. The average molecular weight is 709 g/mol. The summed E-state index contributed by atoms with van der Waals surface area (Å²) in [4.78, 5) is 37.6. The Hall–Kier alpha value is -1.59. The Morgan fingerprint density at radius 1 is 0.380 bits per heavy atom. The van der Waals surface area contributed by atoms with Crippen molar-refractivity contribution >= 4 is 17.9 Å². The van der Waals surface area contributed by atoms with Crippen LogP contribution < -0.4 is 0 Å². The molecule has 0 N–H and O–H groups in total. The summed E-state index contributed by atoms with van der Waals surface area (Å²) in [7, 11) is 0. The van der Waals surface area contributed by atoms with Gasteiger partial charge in [-0.2, -0.15) is 0 Å². The van der Waals surface area contributed by atoms with Gasteiger partial charge in [-0.15, -0.1) is 0 Å². The summed E-state index contributed by atoms with van der Waals surface area (Å²) in [5.74, 6) is 0.713. The van der Waals surface area contributed by atoms with E-state index in [1.807, 2.05) is 0 Å². The van der Waals surface area contributed by atoms with E-state index >= 15 is 0 Å². The summed E-state index contributed by atoms with van der Waals surface area (Å²) in [6, 6.07) is 0. The topological polar surface area (TPSA) is 78.9 Å². The summed E-state index contributed by atoms with van der Waals surface area (Å²) >= 11 is 0. The van der Waals surface area contributed by atoms with Crippen LogP contribution in [0.2, 0.25) is 0 Å². The maximum atomic E-state index is 12.7. The number of hydrogen-bond donors (Lipinski definition) is 0. The Morgan fingerprint density at radius 2 is 0.660 bits per heavy atom. The molecular formula is C44H84O6. The normalized spacial score (nSPS) is 12.1. The summed E-state index contributed by atoms with van der Waals surface area (Å²) in [5.41, 5.74) is 0. The summed E-state index contributed by atoms with van der Waals surface area (Å²) in [6.07, 6.45) is 33.8. The molecule has 296 valence electrons. The Bertz CT molecular complexity index is 764. The molecule has 0 bridgehead atoms. The van der Waals surface area contributed by atoms with Crippen LogP contribution in [0, 0.1) is 11.8 Å². The fourth-order valence-corrected chi connectivity index (χ4v) is 6.40. The fraction of sp³-hybridized carbons (Fsp3) is 0.932. The summed E-state index contributed by atoms with van der Waals surface area (Å²) in [5, 5.41) is 0. The first-order valence-corrected chi connectivity index (χ1v) is 21.7. The molecule has 0 rings (SSSR count). The predicted molar refractivity (Wildman–Crippen MR) is 210 cm³/mol. The standard InChI is InChI=1S/C44H84O6/c1-6-7-8-9-10-11-12-13-20-26-31-36-44(47)50-41(38-49-43(46)35-30-25-21-16-18-23-28-33-40(4)5)37-48-42(45)34-29-24-19-15-14-17-22-27-32-39(2)3/h39-41H,6-38H2,1-5H3/t41-/m0/s1. The molecule has 6 heteroatoms. The third-order valence-corrected chi connectivity index (χ3v) is 9.72. The van der Waals surface area contributed by atoms with Gasteiger partial charge in [0, 0.05) is 19.3 Å². The zero-order valence-corrected chi connectivity index (χ0v) is 34.0. The molecule has 0 saturated carbocycles. The van der Waals surface area contributed by atoms with Gasteiger partial charge in [0.1, 0.15) is 13.2 Å². The minimum atomic E-state index is -0.760. The van der Waals surface area contributed by atoms with Crippen LogP contribution >= 0.6 is 0 Å². The van der Waals surface area contributed by atoms with Crippen molar-refractivity contribution in [2.45, 2.75) is 240 Å². The largest absolute Gasteiger partial charge is 0.462 e. The Morgan fingerprint density at radius 3 is 0.980 bits per heavy atom. The van der Waals surface area contributed by atoms with Crippen LogP contribution in [0.3, 0.4) is 0 Å². The Kier molecular flexibility index (Phi) is 36.0. The molecule has 0 aromatic rings. The lowest BCUT2D eigenvalue weighted by Gasteiger charge is -2.18. The highest BCUT2D eigenvalue weighted by molar-refractivity contribution is 5.71. The number of hydrogen-bond acceptors (Lipinski definition) is 6. The zero-order chi connectivity index (χ0) is 36.9. The second-order valence-electron chi connectivity index (χ2n) is 15.9. The number of ether oxygens (including phenoxy) is 3. The first-order valence-electron chi connectivity index (χ1n) is 21.7.